The Morgan fingerprint density at radius 3 is 2.96 bits per heavy atom. The fourth-order valence-corrected chi connectivity index (χ4v) is 2.79. The van der Waals surface area contributed by atoms with E-state index in [9.17, 15) is 4.79 Å². The number of fused-ring (bicyclic) bond motifs is 2. The van der Waals surface area contributed by atoms with Crippen molar-refractivity contribution in [3.05, 3.63) is 59.4 Å². The lowest BCUT2D eigenvalue weighted by Crippen LogP contribution is -2.17. The van der Waals surface area contributed by atoms with Gasteiger partial charge in [-0.2, -0.15) is 10.2 Å². The maximum atomic E-state index is 11.8. The van der Waals surface area contributed by atoms with Crippen LogP contribution in [0.5, 0.6) is 0 Å². The molecule has 0 atom stereocenters. The molecule has 0 fully saturated rings. The van der Waals surface area contributed by atoms with E-state index in [0.717, 1.165) is 39.5 Å². The van der Waals surface area contributed by atoms with Gasteiger partial charge in [0.15, 0.2) is 0 Å². The van der Waals surface area contributed by atoms with Crippen molar-refractivity contribution in [1.82, 2.24) is 25.7 Å². The Hall–Kier alpha value is -3.15. The van der Waals surface area contributed by atoms with E-state index in [1.807, 2.05) is 24.4 Å². The number of nitrogens with zero attached hydrogens (tertiary/aromatic N) is 2. The largest absolute Gasteiger partial charge is 0.355 e. The summed E-state index contributed by atoms with van der Waals surface area (Å²) in [5, 5.41) is 19.1. The number of benzene rings is 2. The predicted molar refractivity (Wildman–Crippen MR) is 88.4 cm³/mol. The first-order valence-corrected chi connectivity index (χ1v) is 7.35. The fraction of sp³-hybridized carbons (Fsp3) is 0.118. The normalized spacial score (nSPS) is 11.2. The molecule has 4 aromatic rings. The Morgan fingerprint density at radius 2 is 2.09 bits per heavy atom. The van der Waals surface area contributed by atoms with Gasteiger partial charge in [-0.3, -0.25) is 15.0 Å². The Labute approximate surface area is 131 Å². The van der Waals surface area contributed by atoms with Crippen LogP contribution in [-0.2, 0) is 6.42 Å². The molecule has 2 aromatic heterocycles. The Kier molecular flexibility index (Phi) is 3.08. The molecular formula is C17H15N5O. The van der Waals surface area contributed by atoms with Crippen molar-refractivity contribution in [2.24, 2.45) is 0 Å². The molecule has 0 bridgehead atoms. The van der Waals surface area contributed by atoms with Crippen molar-refractivity contribution in [1.29, 1.82) is 0 Å². The van der Waals surface area contributed by atoms with Crippen molar-refractivity contribution in [2.75, 3.05) is 7.05 Å². The van der Waals surface area contributed by atoms with Gasteiger partial charge in [-0.05, 0) is 35.9 Å². The molecule has 0 radical (unpaired) electrons. The first-order chi connectivity index (χ1) is 11.2. The lowest BCUT2D eigenvalue weighted by atomic mass is 10.0. The summed E-state index contributed by atoms with van der Waals surface area (Å²) < 4.78 is 0. The van der Waals surface area contributed by atoms with Crippen molar-refractivity contribution in [3.63, 3.8) is 0 Å². The summed E-state index contributed by atoms with van der Waals surface area (Å²) in [4.78, 5) is 11.8. The molecule has 0 saturated heterocycles. The number of carbonyl (C=O) groups excluding carboxylic acids is 1. The van der Waals surface area contributed by atoms with Crippen LogP contribution in [0, 0.1) is 0 Å². The molecule has 0 saturated carbocycles. The van der Waals surface area contributed by atoms with Gasteiger partial charge in [-0.25, -0.2) is 0 Å². The van der Waals surface area contributed by atoms with Crippen LogP contribution in [0.4, 0.5) is 0 Å². The van der Waals surface area contributed by atoms with Crippen LogP contribution in [0.15, 0.2) is 42.6 Å². The fourth-order valence-electron chi connectivity index (χ4n) is 2.79. The van der Waals surface area contributed by atoms with Crippen molar-refractivity contribution >= 4 is 27.7 Å². The summed E-state index contributed by atoms with van der Waals surface area (Å²) in [5.74, 6) is -0.0983. The van der Waals surface area contributed by atoms with E-state index >= 15 is 0 Å². The second kappa shape index (κ2) is 5.24. The maximum absolute atomic E-state index is 11.8. The lowest BCUT2D eigenvalue weighted by Gasteiger charge is -2.02. The van der Waals surface area contributed by atoms with Crippen LogP contribution in [0.3, 0.4) is 0 Å². The molecule has 3 N–H and O–H groups in total. The molecule has 0 unspecified atom stereocenters. The predicted octanol–water partition coefficient (Wildman–Crippen LogP) is 2.39. The standard InChI is InChI=1S/C17H15N5O/c1-18-17(23)11-3-5-15-13(8-11)16(22-21-15)7-10-2-4-14-12(6-10)9-19-20-14/h2-6,8-9H,7H2,1H3,(H,18,23)(H,19,20)(H,21,22). The monoisotopic (exact) mass is 305 g/mol. The average molecular weight is 305 g/mol. The molecule has 2 aromatic carbocycles. The van der Waals surface area contributed by atoms with E-state index in [2.05, 4.69) is 37.8 Å². The molecule has 23 heavy (non-hydrogen) atoms. The number of amides is 1. The maximum Gasteiger partial charge on any atom is 0.251 e. The van der Waals surface area contributed by atoms with Crippen molar-refractivity contribution < 1.29 is 4.79 Å². The lowest BCUT2D eigenvalue weighted by molar-refractivity contribution is 0.0963. The molecule has 0 aliphatic heterocycles. The molecule has 0 aliphatic rings. The number of hydrogen-bond donors (Lipinski definition) is 3. The number of carbonyl (C=O) groups is 1. The highest BCUT2D eigenvalue weighted by Crippen LogP contribution is 2.22. The Balaban J connectivity index is 1.74. The Morgan fingerprint density at radius 1 is 1.17 bits per heavy atom. The highest BCUT2D eigenvalue weighted by Gasteiger charge is 2.10. The van der Waals surface area contributed by atoms with Gasteiger partial charge in [-0.1, -0.05) is 6.07 Å². The summed E-state index contributed by atoms with van der Waals surface area (Å²) >= 11 is 0. The van der Waals surface area contributed by atoms with E-state index in [1.54, 1.807) is 13.1 Å². The molecule has 0 spiro atoms. The topological polar surface area (TPSA) is 86.5 Å². The number of aromatic nitrogens is 4. The summed E-state index contributed by atoms with van der Waals surface area (Å²) in [6, 6.07) is 11.7. The van der Waals surface area contributed by atoms with Gasteiger partial charge < -0.3 is 5.32 Å². The zero-order valence-corrected chi connectivity index (χ0v) is 12.6. The van der Waals surface area contributed by atoms with E-state index in [1.165, 1.54) is 0 Å². The number of H-pyrrole nitrogens is 2. The highest BCUT2D eigenvalue weighted by molar-refractivity contribution is 5.98. The quantitative estimate of drug-likeness (QED) is 0.543. The molecule has 114 valence electrons. The summed E-state index contributed by atoms with van der Waals surface area (Å²) in [6.07, 6.45) is 2.53. The van der Waals surface area contributed by atoms with Crippen LogP contribution >= 0.6 is 0 Å². The number of aromatic amines is 2. The van der Waals surface area contributed by atoms with Crippen LogP contribution in [0.1, 0.15) is 21.6 Å². The minimum atomic E-state index is -0.0983. The third kappa shape index (κ3) is 2.34. The molecular weight excluding hydrogens is 290 g/mol. The number of hydrogen-bond acceptors (Lipinski definition) is 3. The molecule has 2 heterocycles. The van der Waals surface area contributed by atoms with Gasteiger partial charge in [0, 0.05) is 35.5 Å². The minimum Gasteiger partial charge on any atom is -0.355 e. The molecule has 1 amide bonds. The second-order valence-corrected chi connectivity index (χ2v) is 5.48. The SMILES string of the molecule is CNC(=O)c1ccc2n[nH]c(Cc3ccc4[nH]ncc4c3)c2c1. The second-order valence-electron chi connectivity index (χ2n) is 5.48. The van der Waals surface area contributed by atoms with Crippen LogP contribution in [-0.4, -0.2) is 33.3 Å². The van der Waals surface area contributed by atoms with Gasteiger partial charge in [0.2, 0.25) is 0 Å². The van der Waals surface area contributed by atoms with E-state index in [0.29, 0.717) is 5.56 Å². The average Bonchev–Trinajstić information content (AvgIpc) is 3.20. The van der Waals surface area contributed by atoms with Crippen LogP contribution in [0.2, 0.25) is 0 Å². The Bertz CT molecular complexity index is 1010. The first-order valence-electron chi connectivity index (χ1n) is 7.35. The van der Waals surface area contributed by atoms with Gasteiger partial charge in [-0.15, -0.1) is 0 Å². The van der Waals surface area contributed by atoms with E-state index < -0.39 is 0 Å². The van der Waals surface area contributed by atoms with Crippen LogP contribution in [0.25, 0.3) is 21.8 Å². The summed E-state index contributed by atoms with van der Waals surface area (Å²) in [6.45, 7) is 0. The van der Waals surface area contributed by atoms with Gasteiger partial charge in [0.1, 0.15) is 0 Å². The van der Waals surface area contributed by atoms with Crippen molar-refractivity contribution in [3.8, 4) is 0 Å². The molecule has 4 rings (SSSR count). The van der Waals surface area contributed by atoms with Crippen molar-refractivity contribution in [2.45, 2.75) is 6.42 Å². The third-order valence-corrected chi connectivity index (χ3v) is 4.01. The zero-order chi connectivity index (χ0) is 15.8. The summed E-state index contributed by atoms with van der Waals surface area (Å²) in [7, 11) is 1.63. The number of rotatable bonds is 3. The molecule has 6 nitrogen and oxygen atoms in total. The zero-order valence-electron chi connectivity index (χ0n) is 12.6. The summed E-state index contributed by atoms with van der Waals surface area (Å²) in [5.41, 5.74) is 4.67. The molecule has 0 aliphatic carbocycles. The minimum absolute atomic E-state index is 0.0983. The van der Waals surface area contributed by atoms with E-state index in [-0.39, 0.29) is 5.91 Å². The van der Waals surface area contributed by atoms with Gasteiger partial charge in [0.25, 0.3) is 5.91 Å². The van der Waals surface area contributed by atoms with E-state index in [4.69, 9.17) is 0 Å². The smallest absolute Gasteiger partial charge is 0.251 e. The molecule has 6 heteroatoms. The third-order valence-electron chi connectivity index (χ3n) is 4.01. The van der Waals surface area contributed by atoms with Crippen LogP contribution < -0.4 is 5.32 Å². The first kappa shape index (κ1) is 13.5. The van der Waals surface area contributed by atoms with Gasteiger partial charge in [0.05, 0.1) is 17.2 Å². The highest BCUT2D eigenvalue weighted by atomic mass is 16.1. The number of nitrogens with one attached hydrogen (secondary N) is 3. The van der Waals surface area contributed by atoms with Gasteiger partial charge >= 0.3 is 0 Å².